The van der Waals surface area contributed by atoms with Gasteiger partial charge in [0.25, 0.3) is 0 Å². The van der Waals surface area contributed by atoms with Crippen molar-refractivity contribution in [2.45, 2.75) is 12.8 Å². The summed E-state index contributed by atoms with van der Waals surface area (Å²) >= 11 is 0. The molecule has 1 saturated heterocycles. The van der Waals surface area contributed by atoms with Crippen LogP contribution in [0.2, 0.25) is 0 Å². The molecule has 0 bridgehead atoms. The number of H-pyrrole nitrogens is 1. The Hall–Kier alpha value is -2.00. The van der Waals surface area contributed by atoms with Gasteiger partial charge < -0.3 is 5.32 Å². The van der Waals surface area contributed by atoms with Gasteiger partial charge in [-0.05, 0) is 25.0 Å². The molecule has 1 aliphatic heterocycles. The molecule has 2 aromatic rings. The molecule has 2 N–H and O–H groups in total. The molecule has 2 aromatic heterocycles. The van der Waals surface area contributed by atoms with Gasteiger partial charge in [-0.2, -0.15) is 5.10 Å². The third-order valence-corrected chi connectivity index (χ3v) is 5.17. The number of hydrogen-bond acceptors (Lipinski definition) is 5. The largest absolute Gasteiger partial charge is 0.310 e. The fourth-order valence-corrected chi connectivity index (χ4v) is 3.49. The Labute approximate surface area is 128 Å². The fourth-order valence-electron chi connectivity index (χ4n) is 2.62. The third kappa shape index (κ3) is 2.95. The molecule has 0 radical (unpaired) electrons. The first-order chi connectivity index (χ1) is 10.4. The van der Waals surface area contributed by atoms with E-state index in [1.807, 2.05) is 6.07 Å². The molecule has 118 valence electrons. The van der Waals surface area contributed by atoms with Crippen molar-refractivity contribution < 1.29 is 13.2 Å². The van der Waals surface area contributed by atoms with Gasteiger partial charge in [-0.25, -0.2) is 17.7 Å². The van der Waals surface area contributed by atoms with Gasteiger partial charge >= 0.3 is 0 Å². The fraction of sp³-hybridized carbons (Fsp3) is 0.462. The molecule has 1 amide bonds. The number of hydrogen-bond donors (Lipinski definition) is 2. The number of piperidine rings is 1. The second kappa shape index (κ2) is 5.65. The number of fused-ring (bicyclic) bond motifs is 1. The number of anilines is 1. The summed E-state index contributed by atoms with van der Waals surface area (Å²) in [4.78, 5) is 16.4. The summed E-state index contributed by atoms with van der Waals surface area (Å²) < 4.78 is 24.4. The van der Waals surface area contributed by atoms with Crippen LogP contribution in [0, 0.1) is 5.92 Å². The molecule has 1 aliphatic rings. The summed E-state index contributed by atoms with van der Waals surface area (Å²) in [7, 11) is -3.18. The highest BCUT2D eigenvalue weighted by Gasteiger charge is 2.29. The van der Waals surface area contributed by atoms with Gasteiger partial charge in [0, 0.05) is 25.2 Å². The number of carbonyl (C=O) groups is 1. The summed E-state index contributed by atoms with van der Waals surface area (Å²) in [6.07, 6.45) is 3.86. The van der Waals surface area contributed by atoms with Crippen LogP contribution in [0.5, 0.6) is 0 Å². The van der Waals surface area contributed by atoms with Gasteiger partial charge in [0.1, 0.15) is 5.82 Å². The van der Waals surface area contributed by atoms with E-state index in [-0.39, 0.29) is 11.8 Å². The lowest BCUT2D eigenvalue weighted by Crippen LogP contribution is -2.40. The lowest BCUT2D eigenvalue weighted by molar-refractivity contribution is -0.120. The minimum atomic E-state index is -3.18. The number of aromatic nitrogens is 3. The van der Waals surface area contributed by atoms with Crippen molar-refractivity contribution >= 4 is 32.8 Å². The van der Waals surface area contributed by atoms with Crippen molar-refractivity contribution in [2.75, 3.05) is 24.7 Å². The second-order valence-corrected chi connectivity index (χ2v) is 7.38. The first-order valence-electron chi connectivity index (χ1n) is 7.00. The zero-order valence-electron chi connectivity index (χ0n) is 12.1. The molecule has 0 spiro atoms. The number of sulfonamides is 1. The van der Waals surface area contributed by atoms with E-state index < -0.39 is 10.0 Å². The Balaban J connectivity index is 1.66. The van der Waals surface area contributed by atoms with Crippen LogP contribution in [0.4, 0.5) is 5.82 Å². The average Bonchev–Trinajstić information content (AvgIpc) is 2.90. The first-order valence-corrected chi connectivity index (χ1v) is 8.85. The molecule has 3 rings (SSSR count). The highest BCUT2D eigenvalue weighted by atomic mass is 32.2. The number of amides is 1. The molecule has 0 unspecified atom stereocenters. The highest BCUT2D eigenvalue weighted by Crippen LogP contribution is 2.23. The third-order valence-electron chi connectivity index (χ3n) is 3.87. The summed E-state index contributed by atoms with van der Waals surface area (Å²) in [5, 5.41) is 10.4. The van der Waals surface area contributed by atoms with Gasteiger partial charge in [0.2, 0.25) is 15.9 Å². The van der Waals surface area contributed by atoms with Gasteiger partial charge in [-0.1, -0.05) is 0 Å². The number of aromatic amines is 1. The first kappa shape index (κ1) is 14.9. The maximum Gasteiger partial charge on any atom is 0.228 e. The summed E-state index contributed by atoms with van der Waals surface area (Å²) in [5.74, 6) is 0.203. The molecule has 1 fully saturated rings. The molecule has 0 aromatic carbocycles. The topological polar surface area (TPSA) is 108 Å². The van der Waals surface area contributed by atoms with Crippen molar-refractivity contribution in [1.29, 1.82) is 0 Å². The molecule has 0 atom stereocenters. The van der Waals surface area contributed by atoms with Crippen molar-refractivity contribution in [3.63, 3.8) is 0 Å². The minimum Gasteiger partial charge on any atom is -0.310 e. The Morgan fingerprint density at radius 3 is 2.82 bits per heavy atom. The van der Waals surface area contributed by atoms with Gasteiger partial charge in [-0.3, -0.25) is 9.89 Å². The average molecular weight is 323 g/mol. The van der Waals surface area contributed by atoms with Crippen LogP contribution in [0.1, 0.15) is 12.8 Å². The van der Waals surface area contributed by atoms with Gasteiger partial charge in [0.15, 0.2) is 5.65 Å². The normalized spacial score (nSPS) is 17.7. The molecular weight excluding hydrogens is 306 g/mol. The van der Waals surface area contributed by atoms with E-state index in [4.69, 9.17) is 0 Å². The maximum atomic E-state index is 12.3. The smallest absolute Gasteiger partial charge is 0.228 e. The van der Waals surface area contributed by atoms with E-state index in [1.54, 1.807) is 12.3 Å². The minimum absolute atomic E-state index is 0.123. The standard InChI is InChI=1S/C13H17N5O3S/c1-22(20,21)18-7-4-9(5-8-18)13(19)15-12-10-3-2-6-14-11(10)16-17-12/h2-3,6,9H,4-5,7-8H2,1H3,(H2,14,15,16,17,19). The van der Waals surface area contributed by atoms with Crippen molar-refractivity contribution in [3.8, 4) is 0 Å². The highest BCUT2D eigenvalue weighted by molar-refractivity contribution is 7.88. The van der Waals surface area contributed by atoms with E-state index in [2.05, 4.69) is 20.5 Å². The van der Waals surface area contributed by atoms with E-state index in [0.717, 1.165) is 5.39 Å². The van der Waals surface area contributed by atoms with Crippen LogP contribution < -0.4 is 5.32 Å². The number of nitrogens with zero attached hydrogens (tertiary/aromatic N) is 3. The molecule has 3 heterocycles. The second-order valence-electron chi connectivity index (χ2n) is 5.40. The monoisotopic (exact) mass is 323 g/mol. The zero-order valence-corrected chi connectivity index (χ0v) is 12.9. The van der Waals surface area contributed by atoms with E-state index in [0.29, 0.717) is 37.4 Å². The van der Waals surface area contributed by atoms with Crippen LogP contribution in [0.3, 0.4) is 0 Å². The number of pyridine rings is 1. The molecule has 9 heteroatoms. The van der Waals surface area contributed by atoms with E-state index in [1.165, 1.54) is 10.6 Å². The Kier molecular flexibility index (Phi) is 3.83. The van der Waals surface area contributed by atoms with Gasteiger partial charge in [0.05, 0.1) is 11.6 Å². The van der Waals surface area contributed by atoms with Crippen LogP contribution in [-0.4, -0.2) is 53.2 Å². The van der Waals surface area contributed by atoms with Crippen LogP contribution in [0.25, 0.3) is 11.0 Å². The van der Waals surface area contributed by atoms with Crippen molar-refractivity contribution in [2.24, 2.45) is 5.92 Å². The van der Waals surface area contributed by atoms with E-state index in [9.17, 15) is 13.2 Å². The van der Waals surface area contributed by atoms with Crippen LogP contribution in [0.15, 0.2) is 18.3 Å². The number of carbonyl (C=O) groups excluding carboxylic acids is 1. The predicted octanol–water partition coefficient (Wildman–Crippen LogP) is 0.568. The SMILES string of the molecule is CS(=O)(=O)N1CCC(C(=O)Nc2[nH]nc3ncccc23)CC1. The number of rotatable bonds is 3. The molecule has 0 saturated carbocycles. The lowest BCUT2D eigenvalue weighted by Gasteiger charge is -2.29. The molecule has 8 nitrogen and oxygen atoms in total. The number of nitrogens with one attached hydrogen (secondary N) is 2. The quantitative estimate of drug-likeness (QED) is 0.858. The van der Waals surface area contributed by atoms with E-state index >= 15 is 0 Å². The predicted molar refractivity (Wildman–Crippen MR) is 81.7 cm³/mol. The molecule has 0 aliphatic carbocycles. The Morgan fingerprint density at radius 1 is 1.41 bits per heavy atom. The van der Waals surface area contributed by atoms with Crippen molar-refractivity contribution in [3.05, 3.63) is 18.3 Å². The zero-order chi connectivity index (χ0) is 15.7. The summed E-state index contributed by atoms with van der Waals surface area (Å²) in [6, 6.07) is 3.60. The lowest BCUT2D eigenvalue weighted by atomic mass is 9.97. The maximum absolute atomic E-state index is 12.3. The summed E-state index contributed by atoms with van der Waals surface area (Å²) in [6.45, 7) is 0.754. The molecular formula is C13H17N5O3S. The molecule has 22 heavy (non-hydrogen) atoms. The van der Waals surface area contributed by atoms with Crippen molar-refractivity contribution in [1.82, 2.24) is 19.5 Å². The van der Waals surface area contributed by atoms with Gasteiger partial charge in [-0.15, -0.1) is 0 Å². The summed E-state index contributed by atoms with van der Waals surface area (Å²) in [5.41, 5.74) is 0.546. The van der Waals surface area contributed by atoms with Crippen LogP contribution in [-0.2, 0) is 14.8 Å². The Morgan fingerprint density at radius 2 is 2.14 bits per heavy atom. The van der Waals surface area contributed by atoms with Crippen LogP contribution >= 0.6 is 0 Å². The Bertz CT molecular complexity index is 793.